The van der Waals surface area contributed by atoms with Crippen LogP contribution in [0.5, 0.6) is 0 Å². The average Bonchev–Trinajstić information content (AvgIpc) is 2.96. The molecule has 0 aliphatic heterocycles. The first-order chi connectivity index (χ1) is 12.0. The number of carbonyl (C=O) groups excluding carboxylic acids is 2. The second kappa shape index (κ2) is 9.12. The minimum absolute atomic E-state index is 0.000332. The molecular formula is C17H21N3O4S. The topological polar surface area (TPSA) is 111 Å². The lowest BCUT2D eigenvalue weighted by Crippen LogP contribution is -2.47. The molecule has 0 aliphatic carbocycles. The molecule has 7 nitrogen and oxygen atoms in total. The van der Waals surface area contributed by atoms with Crippen molar-refractivity contribution in [3.8, 4) is 0 Å². The Morgan fingerprint density at radius 2 is 2.04 bits per heavy atom. The van der Waals surface area contributed by atoms with Gasteiger partial charge in [0, 0.05) is 42.7 Å². The van der Waals surface area contributed by atoms with Gasteiger partial charge >= 0.3 is 5.97 Å². The monoisotopic (exact) mass is 363 g/mol. The fourth-order valence-corrected chi connectivity index (χ4v) is 3.07. The zero-order valence-corrected chi connectivity index (χ0v) is 14.7. The van der Waals surface area contributed by atoms with Crippen LogP contribution in [-0.2, 0) is 20.8 Å². The first-order valence-electron chi connectivity index (χ1n) is 7.86. The van der Waals surface area contributed by atoms with Crippen molar-refractivity contribution in [3.63, 3.8) is 0 Å². The van der Waals surface area contributed by atoms with Crippen molar-refractivity contribution in [1.82, 2.24) is 15.6 Å². The molecule has 134 valence electrons. The maximum Gasteiger partial charge on any atom is 0.313 e. The van der Waals surface area contributed by atoms with Crippen molar-refractivity contribution >= 4 is 40.4 Å². The van der Waals surface area contributed by atoms with Crippen LogP contribution in [0.15, 0.2) is 30.5 Å². The number of fused-ring (bicyclic) bond motifs is 1. The Morgan fingerprint density at radius 1 is 1.28 bits per heavy atom. The summed E-state index contributed by atoms with van der Waals surface area (Å²) in [4.78, 5) is 37.4. The van der Waals surface area contributed by atoms with E-state index < -0.39 is 12.0 Å². The van der Waals surface area contributed by atoms with Gasteiger partial charge in [0.15, 0.2) is 0 Å². The normalized spacial score (nSPS) is 11.9. The van der Waals surface area contributed by atoms with Crippen LogP contribution in [0.4, 0.5) is 0 Å². The standard InChI is InChI=1S/C17H21N3O4S/c1-11(21)20-15(17(24)18-6-7-25-10-16(22)23)8-12-9-19-14-5-3-2-4-13(12)14/h2-5,9,15,19H,6-8,10H2,1H3,(H,18,24)(H,20,21)(H,22,23). The van der Waals surface area contributed by atoms with Crippen molar-refractivity contribution in [2.45, 2.75) is 19.4 Å². The molecule has 1 aromatic carbocycles. The van der Waals surface area contributed by atoms with E-state index in [4.69, 9.17) is 5.11 Å². The van der Waals surface area contributed by atoms with Gasteiger partial charge in [0.1, 0.15) is 6.04 Å². The minimum Gasteiger partial charge on any atom is -0.481 e. The third-order valence-electron chi connectivity index (χ3n) is 3.56. The number of thioether (sulfide) groups is 1. The molecule has 2 amide bonds. The largest absolute Gasteiger partial charge is 0.481 e. The van der Waals surface area contributed by atoms with Gasteiger partial charge in [-0.25, -0.2) is 0 Å². The zero-order valence-electron chi connectivity index (χ0n) is 13.9. The fourth-order valence-electron chi connectivity index (χ4n) is 2.50. The van der Waals surface area contributed by atoms with Gasteiger partial charge in [-0.05, 0) is 11.6 Å². The van der Waals surface area contributed by atoms with Gasteiger partial charge < -0.3 is 20.7 Å². The van der Waals surface area contributed by atoms with E-state index in [-0.39, 0.29) is 17.6 Å². The number of carbonyl (C=O) groups is 3. The summed E-state index contributed by atoms with van der Waals surface area (Å²) < 4.78 is 0. The van der Waals surface area contributed by atoms with E-state index in [1.165, 1.54) is 18.7 Å². The lowest BCUT2D eigenvalue weighted by molar-refractivity contribution is -0.134. The van der Waals surface area contributed by atoms with Crippen LogP contribution < -0.4 is 10.6 Å². The van der Waals surface area contributed by atoms with E-state index in [2.05, 4.69) is 15.6 Å². The number of H-pyrrole nitrogens is 1. The third kappa shape index (κ3) is 5.82. The number of rotatable bonds is 9. The van der Waals surface area contributed by atoms with Crippen LogP contribution in [0.2, 0.25) is 0 Å². The molecule has 4 N–H and O–H groups in total. The molecule has 1 unspecified atom stereocenters. The summed E-state index contributed by atoms with van der Waals surface area (Å²) in [7, 11) is 0. The summed E-state index contributed by atoms with van der Waals surface area (Å²) in [5.74, 6) is -0.943. The number of hydrogen-bond donors (Lipinski definition) is 4. The summed E-state index contributed by atoms with van der Waals surface area (Å²) >= 11 is 1.23. The quantitative estimate of drug-likeness (QED) is 0.500. The van der Waals surface area contributed by atoms with Crippen molar-refractivity contribution in [3.05, 3.63) is 36.0 Å². The van der Waals surface area contributed by atoms with Gasteiger partial charge in [-0.3, -0.25) is 14.4 Å². The fraction of sp³-hybridized carbons (Fsp3) is 0.353. The Bertz CT molecular complexity index is 759. The van der Waals surface area contributed by atoms with Crippen LogP contribution in [0.1, 0.15) is 12.5 Å². The Labute approximate surface area is 149 Å². The van der Waals surface area contributed by atoms with Crippen LogP contribution in [0, 0.1) is 0 Å². The number of amides is 2. The van der Waals surface area contributed by atoms with E-state index >= 15 is 0 Å². The van der Waals surface area contributed by atoms with E-state index in [9.17, 15) is 14.4 Å². The molecule has 2 aromatic rings. The maximum absolute atomic E-state index is 12.4. The molecule has 0 aliphatic rings. The molecule has 0 bridgehead atoms. The third-order valence-corrected chi connectivity index (χ3v) is 4.51. The van der Waals surface area contributed by atoms with Crippen molar-refractivity contribution < 1.29 is 19.5 Å². The molecule has 0 saturated heterocycles. The van der Waals surface area contributed by atoms with E-state index in [0.717, 1.165) is 16.5 Å². The number of benzene rings is 1. The lowest BCUT2D eigenvalue weighted by Gasteiger charge is -2.17. The Balaban J connectivity index is 1.97. The van der Waals surface area contributed by atoms with Crippen LogP contribution in [0.3, 0.4) is 0 Å². The summed E-state index contributed by atoms with van der Waals surface area (Å²) in [6, 6.07) is 7.09. The minimum atomic E-state index is -0.883. The maximum atomic E-state index is 12.4. The molecule has 0 fully saturated rings. The highest BCUT2D eigenvalue weighted by Gasteiger charge is 2.21. The summed E-state index contributed by atoms with van der Waals surface area (Å²) in [6.45, 7) is 1.72. The Hall–Kier alpha value is -2.48. The predicted molar refractivity (Wildman–Crippen MR) is 97.6 cm³/mol. The number of hydrogen-bond acceptors (Lipinski definition) is 4. The summed E-state index contributed by atoms with van der Waals surface area (Å²) in [6.07, 6.45) is 2.22. The molecule has 0 radical (unpaired) electrons. The number of carboxylic acids is 1. The van der Waals surface area contributed by atoms with E-state index in [0.29, 0.717) is 18.7 Å². The summed E-state index contributed by atoms with van der Waals surface area (Å²) in [5.41, 5.74) is 1.93. The van der Waals surface area contributed by atoms with Crippen molar-refractivity contribution in [2.75, 3.05) is 18.1 Å². The highest BCUT2D eigenvalue weighted by molar-refractivity contribution is 7.99. The molecular weight excluding hydrogens is 342 g/mol. The van der Waals surface area contributed by atoms with Crippen LogP contribution >= 0.6 is 11.8 Å². The molecule has 1 atom stereocenters. The second-order valence-electron chi connectivity index (χ2n) is 5.55. The van der Waals surface area contributed by atoms with Gasteiger partial charge in [0.25, 0.3) is 0 Å². The molecule has 0 spiro atoms. The zero-order chi connectivity index (χ0) is 18.2. The van der Waals surface area contributed by atoms with Crippen LogP contribution in [0.25, 0.3) is 10.9 Å². The highest BCUT2D eigenvalue weighted by Crippen LogP contribution is 2.19. The molecule has 8 heteroatoms. The van der Waals surface area contributed by atoms with E-state index in [1.807, 2.05) is 30.5 Å². The van der Waals surface area contributed by atoms with Crippen LogP contribution in [-0.4, -0.2) is 52.0 Å². The summed E-state index contributed by atoms with van der Waals surface area (Å²) in [5, 5.41) is 15.0. The first kappa shape index (κ1) is 18.9. The van der Waals surface area contributed by atoms with Gasteiger partial charge in [0.05, 0.1) is 5.75 Å². The molecule has 1 heterocycles. The van der Waals surface area contributed by atoms with Crippen molar-refractivity contribution in [1.29, 1.82) is 0 Å². The predicted octanol–water partition coefficient (Wildman–Crippen LogP) is 1.15. The molecule has 25 heavy (non-hydrogen) atoms. The van der Waals surface area contributed by atoms with E-state index in [1.54, 1.807) is 0 Å². The average molecular weight is 363 g/mol. The van der Waals surface area contributed by atoms with Gasteiger partial charge in [-0.2, -0.15) is 0 Å². The number of para-hydroxylation sites is 1. The smallest absolute Gasteiger partial charge is 0.313 e. The number of carboxylic acid groups (broad SMARTS) is 1. The van der Waals surface area contributed by atoms with Crippen molar-refractivity contribution in [2.24, 2.45) is 0 Å². The first-order valence-corrected chi connectivity index (χ1v) is 9.02. The lowest BCUT2D eigenvalue weighted by atomic mass is 10.0. The number of aliphatic carboxylic acids is 1. The molecule has 0 saturated carbocycles. The SMILES string of the molecule is CC(=O)NC(Cc1c[nH]c2ccccc12)C(=O)NCCSCC(=O)O. The van der Waals surface area contributed by atoms with Gasteiger partial charge in [-0.15, -0.1) is 11.8 Å². The Morgan fingerprint density at radius 3 is 2.76 bits per heavy atom. The van der Waals surface area contributed by atoms with Gasteiger partial charge in [0.2, 0.25) is 11.8 Å². The van der Waals surface area contributed by atoms with Gasteiger partial charge in [-0.1, -0.05) is 18.2 Å². The highest BCUT2D eigenvalue weighted by atomic mass is 32.2. The number of aromatic nitrogens is 1. The second-order valence-corrected chi connectivity index (χ2v) is 6.66. The number of aromatic amines is 1. The molecule has 1 aromatic heterocycles. The Kier molecular flexibility index (Phi) is 6.88. The molecule has 2 rings (SSSR count). The number of nitrogens with one attached hydrogen (secondary N) is 3.